The van der Waals surface area contributed by atoms with Crippen LogP contribution in [0.25, 0.3) is 0 Å². The molecule has 1 N–H and O–H groups in total. The molecule has 1 rings (SSSR count). The van der Waals surface area contributed by atoms with Gasteiger partial charge in [0.25, 0.3) is 0 Å². The fourth-order valence-electron chi connectivity index (χ4n) is 0.540. The Kier molecular flexibility index (Phi) is 3.13. The summed E-state index contributed by atoms with van der Waals surface area (Å²) in [6.45, 7) is 0. The summed E-state index contributed by atoms with van der Waals surface area (Å²) >= 11 is 7.60. The van der Waals surface area contributed by atoms with Crippen molar-refractivity contribution in [2.75, 3.05) is 10.6 Å². The zero-order chi connectivity index (χ0) is 8.27. The largest absolute Gasteiger partial charge is 0.480 e. The Bertz CT molecular complexity index is 257. The molecule has 0 aliphatic carbocycles. The van der Waals surface area contributed by atoms with Crippen molar-refractivity contribution in [2.45, 2.75) is 0 Å². The van der Waals surface area contributed by atoms with Gasteiger partial charge in [0, 0.05) is 0 Å². The van der Waals surface area contributed by atoms with Gasteiger partial charge in [-0.05, 0) is 0 Å². The molecule has 0 atom stereocenters. The van der Waals surface area contributed by atoms with E-state index in [2.05, 4.69) is 13.5 Å². The number of nitrogens with one attached hydrogen (secondary N) is 1. The van der Waals surface area contributed by atoms with E-state index in [0.29, 0.717) is 16.9 Å². The highest BCUT2D eigenvalue weighted by atomic mass is 127. The molecule has 1 aromatic rings. The van der Waals surface area contributed by atoms with Gasteiger partial charge in [-0.15, -0.1) is 0 Å². The molecular weight excluding hydrogens is 280 g/mol. The lowest BCUT2D eigenvalue weighted by molar-refractivity contribution is 0.398. The third kappa shape index (κ3) is 2.06. The highest BCUT2D eigenvalue weighted by Crippen LogP contribution is 2.21. The summed E-state index contributed by atoms with van der Waals surface area (Å²) in [7, 11) is 1.51. The minimum absolute atomic E-state index is 0.376. The van der Waals surface area contributed by atoms with Crippen molar-refractivity contribution in [3.8, 4) is 5.88 Å². The molecule has 11 heavy (non-hydrogen) atoms. The van der Waals surface area contributed by atoms with E-state index >= 15 is 0 Å². The lowest BCUT2D eigenvalue weighted by atomic mass is 10.6. The van der Waals surface area contributed by atoms with Crippen LogP contribution >= 0.6 is 34.5 Å². The van der Waals surface area contributed by atoms with Gasteiger partial charge in [-0.1, -0.05) is 11.6 Å². The summed E-state index contributed by atoms with van der Waals surface area (Å²) in [6.07, 6.45) is 1.48. The van der Waals surface area contributed by atoms with Crippen LogP contribution in [0.2, 0.25) is 5.02 Å². The van der Waals surface area contributed by atoms with E-state index in [9.17, 15) is 0 Å². The van der Waals surface area contributed by atoms with Crippen LogP contribution in [0.5, 0.6) is 5.88 Å². The van der Waals surface area contributed by atoms with E-state index in [1.54, 1.807) is 0 Å². The van der Waals surface area contributed by atoms with Gasteiger partial charge in [0.2, 0.25) is 11.8 Å². The number of aromatic nitrogens is 2. The lowest BCUT2D eigenvalue weighted by Gasteiger charge is -2.01. The van der Waals surface area contributed by atoms with Crippen LogP contribution in [0.1, 0.15) is 0 Å². The predicted molar refractivity (Wildman–Crippen MR) is 51.2 cm³/mol. The van der Waals surface area contributed by atoms with Crippen LogP contribution < -0.4 is 8.27 Å². The third-order valence-corrected chi connectivity index (χ3v) is 1.73. The van der Waals surface area contributed by atoms with E-state index in [4.69, 9.17) is 16.3 Å². The number of nitrogens with zero attached hydrogens (tertiary/aromatic N) is 2. The first-order chi connectivity index (χ1) is 5.27. The molecule has 0 amide bonds. The van der Waals surface area contributed by atoms with Gasteiger partial charge in [0.15, 0.2) is 0 Å². The van der Waals surface area contributed by atoms with E-state index in [-0.39, 0.29) is 0 Å². The molecule has 0 radical (unpaired) electrons. The molecule has 0 bridgehead atoms. The topological polar surface area (TPSA) is 47.0 Å². The maximum Gasteiger partial charge on any atom is 0.237 e. The third-order valence-electron chi connectivity index (χ3n) is 0.990. The molecule has 0 aliphatic heterocycles. The molecule has 4 nitrogen and oxygen atoms in total. The van der Waals surface area contributed by atoms with E-state index in [1.807, 2.05) is 22.9 Å². The van der Waals surface area contributed by atoms with Gasteiger partial charge >= 0.3 is 0 Å². The second-order valence-electron chi connectivity index (χ2n) is 1.65. The standard InChI is InChI=1S/C5H5ClIN3O/c1-11-4-3(6)2-8-5(9-4)10-7/h2H,1H3,(H,8,9,10). The number of methoxy groups -OCH3 is 1. The Morgan fingerprint density at radius 2 is 2.45 bits per heavy atom. The summed E-state index contributed by atoms with van der Waals surface area (Å²) in [4.78, 5) is 7.79. The van der Waals surface area contributed by atoms with Crippen molar-refractivity contribution in [2.24, 2.45) is 0 Å². The molecule has 0 saturated carbocycles. The van der Waals surface area contributed by atoms with Gasteiger partial charge in [0.05, 0.1) is 36.2 Å². The Hall–Kier alpha value is -0.300. The first-order valence-electron chi connectivity index (χ1n) is 2.71. The molecule has 0 saturated heterocycles. The average Bonchev–Trinajstić information content (AvgIpc) is 2.05. The summed E-state index contributed by atoms with van der Waals surface area (Å²) < 4.78 is 7.60. The molecule has 0 aromatic carbocycles. The van der Waals surface area contributed by atoms with Crippen molar-refractivity contribution in [3.05, 3.63) is 11.2 Å². The first-order valence-corrected chi connectivity index (χ1v) is 4.16. The second kappa shape index (κ2) is 3.91. The van der Waals surface area contributed by atoms with Crippen LogP contribution in [0.3, 0.4) is 0 Å². The number of rotatable bonds is 2. The Balaban J connectivity index is 3.02. The van der Waals surface area contributed by atoms with Gasteiger partial charge in [0.1, 0.15) is 5.02 Å². The normalized spacial score (nSPS) is 9.36. The molecule has 6 heteroatoms. The van der Waals surface area contributed by atoms with Crippen molar-refractivity contribution in [3.63, 3.8) is 0 Å². The minimum atomic E-state index is 0.376. The molecule has 1 aromatic heterocycles. The van der Waals surface area contributed by atoms with Gasteiger partial charge < -0.3 is 4.74 Å². The van der Waals surface area contributed by atoms with E-state index in [1.165, 1.54) is 13.3 Å². The maximum atomic E-state index is 5.67. The smallest absolute Gasteiger partial charge is 0.237 e. The molecule has 1 heterocycles. The monoisotopic (exact) mass is 285 g/mol. The second-order valence-corrected chi connectivity index (χ2v) is 2.59. The summed E-state index contributed by atoms with van der Waals surface area (Å²) in [5.41, 5.74) is 0. The molecule has 0 unspecified atom stereocenters. The van der Waals surface area contributed by atoms with Crippen LogP contribution in [0, 0.1) is 0 Å². The zero-order valence-corrected chi connectivity index (χ0v) is 8.55. The van der Waals surface area contributed by atoms with Crippen LogP contribution in [-0.4, -0.2) is 17.1 Å². The number of ether oxygens (including phenoxy) is 1. The van der Waals surface area contributed by atoms with E-state index in [0.717, 1.165) is 0 Å². The SMILES string of the molecule is COc1nc(NI)ncc1Cl. The average molecular weight is 285 g/mol. The fraction of sp³-hybridized carbons (Fsp3) is 0.200. The molecule has 0 fully saturated rings. The Morgan fingerprint density at radius 3 is 3.00 bits per heavy atom. The van der Waals surface area contributed by atoms with Gasteiger partial charge in [-0.2, -0.15) is 4.98 Å². The summed E-state index contributed by atoms with van der Waals surface area (Å²) in [5.74, 6) is 0.854. The summed E-state index contributed by atoms with van der Waals surface area (Å²) in [6, 6.07) is 0. The first kappa shape index (κ1) is 8.79. The quantitative estimate of drug-likeness (QED) is 0.666. The maximum absolute atomic E-state index is 5.67. The zero-order valence-electron chi connectivity index (χ0n) is 5.64. The van der Waals surface area contributed by atoms with Crippen molar-refractivity contribution < 1.29 is 4.74 Å². The lowest BCUT2D eigenvalue weighted by Crippen LogP contribution is -1.94. The van der Waals surface area contributed by atoms with Crippen LogP contribution in [-0.2, 0) is 0 Å². The molecule has 0 spiro atoms. The Morgan fingerprint density at radius 1 is 1.73 bits per heavy atom. The minimum Gasteiger partial charge on any atom is -0.480 e. The molecule has 60 valence electrons. The summed E-state index contributed by atoms with van der Waals surface area (Å²) in [5, 5.41) is 0.405. The van der Waals surface area contributed by atoms with Crippen molar-refractivity contribution >= 4 is 40.4 Å². The molecular formula is C5H5ClIN3O. The van der Waals surface area contributed by atoms with Crippen LogP contribution in [0.4, 0.5) is 5.95 Å². The van der Waals surface area contributed by atoms with Gasteiger partial charge in [-0.3, -0.25) is 3.53 Å². The number of anilines is 1. The predicted octanol–water partition coefficient (Wildman–Crippen LogP) is 1.90. The highest BCUT2D eigenvalue weighted by molar-refractivity contribution is 14.1. The van der Waals surface area contributed by atoms with Gasteiger partial charge in [-0.25, -0.2) is 4.98 Å². The fourth-order valence-corrected chi connectivity index (χ4v) is 0.968. The van der Waals surface area contributed by atoms with Crippen LogP contribution in [0.15, 0.2) is 6.20 Å². The number of hydrogen-bond acceptors (Lipinski definition) is 4. The highest BCUT2D eigenvalue weighted by Gasteiger charge is 2.02. The Labute approximate surface area is 82.8 Å². The molecule has 0 aliphatic rings. The number of hydrogen-bond donors (Lipinski definition) is 1. The van der Waals surface area contributed by atoms with Crippen molar-refractivity contribution in [1.82, 2.24) is 9.97 Å². The van der Waals surface area contributed by atoms with E-state index < -0.39 is 0 Å². The number of halogens is 2. The van der Waals surface area contributed by atoms with Crippen molar-refractivity contribution in [1.29, 1.82) is 0 Å².